The van der Waals surface area contributed by atoms with Crippen molar-refractivity contribution < 1.29 is 14.7 Å². The lowest BCUT2D eigenvalue weighted by atomic mass is 10.4. The van der Waals surface area contributed by atoms with Crippen molar-refractivity contribution in [3.63, 3.8) is 0 Å². The Bertz CT molecular complexity index is 589. The van der Waals surface area contributed by atoms with Gasteiger partial charge in [0.25, 0.3) is 0 Å². The Labute approximate surface area is 106 Å². The van der Waals surface area contributed by atoms with Crippen LogP contribution in [-0.2, 0) is 6.54 Å². The van der Waals surface area contributed by atoms with Crippen molar-refractivity contribution >= 4 is 28.9 Å². The Hall–Kier alpha value is -2.22. The van der Waals surface area contributed by atoms with Crippen LogP contribution in [0.15, 0.2) is 17.8 Å². The predicted octanol–water partition coefficient (Wildman–Crippen LogP) is 1.68. The first-order valence-corrected chi connectivity index (χ1v) is 5.90. The number of anilines is 1. The van der Waals surface area contributed by atoms with Gasteiger partial charge >= 0.3 is 6.09 Å². The second-order valence-corrected chi connectivity index (χ2v) is 4.42. The molecule has 0 saturated carbocycles. The third-order valence-corrected chi connectivity index (χ3v) is 3.05. The van der Waals surface area contributed by atoms with Crippen LogP contribution in [0.5, 0.6) is 0 Å². The van der Waals surface area contributed by atoms with Gasteiger partial charge in [0.05, 0.1) is 24.1 Å². The zero-order chi connectivity index (χ0) is 13.1. The minimum Gasteiger partial charge on any atom is -0.465 e. The molecule has 0 saturated heterocycles. The van der Waals surface area contributed by atoms with Crippen molar-refractivity contribution in [1.29, 1.82) is 0 Å². The van der Waals surface area contributed by atoms with Gasteiger partial charge in [0.1, 0.15) is 0 Å². The van der Waals surface area contributed by atoms with Gasteiger partial charge in [0, 0.05) is 18.5 Å². The fourth-order valence-electron chi connectivity index (χ4n) is 1.35. The summed E-state index contributed by atoms with van der Waals surface area (Å²) < 4.78 is 1.55. The minimum atomic E-state index is -1.14. The summed E-state index contributed by atoms with van der Waals surface area (Å²) in [6.45, 7) is 1.86. The second kappa shape index (κ2) is 4.96. The van der Waals surface area contributed by atoms with Gasteiger partial charge in [-0.05, 0) is 0 Å². The van der Waals surface area contributed by atoms with E-state index in [0.717, 1.165) is 5.69 Å². The van der Waals surface area contributed by atoms with Gasteiger partial charge in [-0.3, -0.25) is 14.8 Å². The standard InChI is InChI=1S/C10H10N4O3S/c1-6(15)9-12-8(5-18-9)4-14-3-7(2-11-14)13-10(16)17/h2-3,5,13H,4H2,1H3,(H,16,17). The summed E-state index contributed by atoms with van der Waals surface area (Å²) in [6.07, 6.45) is 1.83. The number of aromatic nitrogens is 3. The van der Waals surface area contributed by atoms with Gasteiger partial charge in [-0.25, -0.2) is 9.78 Å². The smallest absolute Gasteiger partial charge is 0.409 e. The normalized spacial score (nSPS) is 10.3. The van der Waals surface area contributed by atoms with Crippen LogP contribution < -0.4 is 5.32 Å². The Morgan fingerprint density at radius 2 is 2.33 bits per heavy atom. The molecule has 2 aromatic heterocycles. The molecule has 0 fully saturated rings. The third kappa shape index (κ3) is 2.92. The Morgan fingerprint density at radius 3 is 2.94 bits per heavy atom. The summed E-state index contributed by atoms with van der Waals surface area (Å²) >= 11 is 1.28. The molecule has 7 nitrogen and oxygen atoms in total. The van der Waals surface area contributed by atoms with E-state index in [1.807, 2.05) is 0 Å². The van der Waals surface area contributed by atoms with E-state index in [4.69, 9.17) is 5.11 Å². The van der Waals surface area contributed by atoms with Gasteiger partial charge < -0.3 is 5.11 Å². The minimum absolute atomic E-state index is 0.0695. The molecule has 1 amide bonds. The van der Waals surface area contributed by atoms with Crippen LogP contribution in [0.1, 0.15) is 22.4 Å². The van der Waals surface area contributed by atoms with Gasteiger partial charge in [-0.1, -0.05) is 0 Å². The number of amides is 1. The molecule has 2 heterocycles. The average Bonchev–Trinajstić information content (AvgIpc) is 2.88. The lowest BCUT2D eigenvalue weighted by Gasteiger charge is -1.96. The summed E-state index contributed by atoms with van der Waals surface area (Å²) in [7, 11) is 0. The molecule has 2 N–H and O–H groups in total. The van der Waals surface area contributed by atoms with Crippen LogP contribution in [0.25, 0.3) is 0 Å². The lowest BCUT2D eigenvalue weighted by Crippen LogP contribution is -2.06. The van der Waals surface area contributed by atoms with E-state index < -0.39 is 6.09 Å². The average molecular weight is 266 g/mol. The topological polar surface area (TPSA) is 97.1 Å². The highest BCUT2D eigenvalue weighted by atomic mass is 32.1. The van der Waals surface area contributed by atoms with Crippen molar-refractivity contribution in [1.82, 2.24) is 14.8 Å². The van der Waals surface area contributed by atoms with E-state index in [2.05, 4.69) is 15.4 Å². The molecular weight excluding hydrogens is 256 g/mol. The number of hydrogen-bond donors (Lipinski definition) is 2. The summed E-state index contributed by atoms with van der Waals surface area (Å²) in [4.78, 5) is 25.7. The highest BCUT2D eigenvalue weighted by Crippen LogP contribution is 2.12. The first kappa shape index (κ1) is 12.2. The Kier molecular flexibility index (Phi) is 3.38. The van der Waals surface area contributed by atoms with E-state index in [9.17, 15) is 9.59 Å². The lowest BCUT2D eigenvalue weighted by molar-refractivity contribution is 0.101. The number of rotatable bonds is 4. The maximum atomic E-state index is 11.1. The van der Waals surface area contributed by atoms with E-state index in [1.165, 1.54) is 24.5 Å². The molecule has 0 bridgehead atoms. The number of carbonyl (C=O) groups excluding carboxylic acids is 1. The number of carboxylic acid groups (broad SMARTS) is 1. The zero-order valence-electron chi connectivity index (χ0n) is 9.45. The zero-order valence-corrected chi connectivity index (χ0v) is 10.3. The summed E-state index contributed by atoms with van der Waals surface area (Å²) in [5, 5.41) is 17.0. The molecule has 2 aromatic rings. The molecule has 0 unspecified atom stereocenters. The Balaban J connectivity index is 2.06. The molecule has 8 heteroatoms. The summed E-state index contributed by atoms with van der Waals surface area (Å²) in [5.41, 5.74) is 1.11. The van der Waals surface area contributed by atoms with Crippen LogP contribution in [0.4, 0.5) is 10.5 Å². The number of thiazole rings is 1. The van der Waals surface area contributed by atoms with Gasteiger partial charge in [-0.15, -0.1) is 11.3 Å². The van der Waals surface area contributed by atoms with Crippen LogP contribution in [0, 0.1) is 0 Å². The quantitative estimate of drug-likeness (QED) is 0.820. The van der Waals surface area contributed by atoms with E-state index in [0.29, 0.717) is 17.2 Å². The van der Waals surface area contributed by atoms with Gasteiger partial charge in [0.15, 0.2) is 10.8 Å². The number of nitrogens with zero attached hydrogens (tertiary/aromatic N) is 3. The highest BCUT2D eigenvalue weighted by molar-refractivity contribution is 7.11. The molecule has 0 spiro atoms. The first-order chi connectivity index (χ1) is 8.54. The summed E-state index contributed by atoms with van der Waals surface area (Å²) in [6, 6.07) is 0. The molecule has 0 aliphatic carbocycles. The third-order valence-electron chi connectivity index (χ3n) is 2.06. The largest absolute Gasteiger partial charge is 0.465 e. The molecule has 18 heavy (non-hydrogen) atoms. The maximum Gasteiger partial charge on any atom is 0.409 e. The van der Waals surface area contributed by atoms with Gasteiger partial charge in [-0.2, -0.15) is 5.10 Å². The van der Waals surface area contributed by atoms with E-state index >= 15 is 0 Å². The highest BCUT2D eigenvalue weighted by Gasteiger charge is 2.08. The van der Waals surface area contributed by atoms with Crippen molar-refractivity contribution in [3.8, 4) is 0 Å². The molecule has 0 atom stereocenters. The molecule has 0 aromatic carbocycles. The van der Waals surface area contributed by atoms with Crippen molar-refractivity contribution in [2.45, 2.75) is 13.5 Å². The van der Waals surface area contributed by atoms with Gasteiger partial charge in [0.2, 0.25) is 0 Å². The monoisotopic (exact) mass is 266 g/mol. The molecule has 94 valence electrons. The first-order valence-electron chi connectivity index (χ1n) is 5.02. The van der Waals surface area contributed by atoms with Crippen LogP contribution in [0.3, 0.4) is 0 Å². The van der Waals surface area contributed by atoms with E-state index in [1.54, 1.807) is 16.3 Å². The molecule has 2 rings (SSSR count). The Morgan fingerprint density at radius 1 is 1.56 bits per heavy atom. The van der Waals surface area contributed by atoms with Crippen molar-refractivity contribution in [3.05, 3.63) is 28.5 Å². The molecule has 0 aliphatic heterocycles. The number of carbonyl (C=O) groups is 2. The fourth-order valence-corrected chi connectivity index (χ4v) is 2.06. The second-order valence-electron chi connectivity index (χ2n) is 3.56. The van der Waals surface area contributed by atoms with Crippen LogP contribution in [0.2, 0.25) is 0 Å². The number of hydrogen-bond acceptors (Lipinski definition) is 5. The van der Waals surface area contributed by atoms with Crippen molar-refractivity contribution in [2.24, 2.45) is 0 Å². The number of Topliss-reactive ketones (excluding diaryl/α,β-unsaturated/α-hetero) is 1. The maximum absolute atomic E-state index is 11.1. The predicted molar refractivity (Wildman–Crippen MR) is 65.1 cm³/mol. The van der Waals surface area contributed by atoms with Crippen LogP contribution in [-0.4, -0.2) is 31.7 Å². The number of ketones is 1. The SMILES string of the molecule is CC(=O)c1nc(Cn2cc(NC(=O)O)cn2)cs1. The fraction of sp³-hybridized carbons (Fsp3) is 0.200. The van der Waals surface area contributed by atoms with Crippen LogP contribution >= 0.6 is 11.3 Å². The number of nitrogens with one attached hydrogen (secondary N) is 1. The molecule has 0 aliphatic rings. The molecule has 0 radical (unpaired) electrons. The van der Waals surface area contributed by atoms with Crippen molar-refractivity contribution in [2.75, 3.05) is 5.32 Å². The molecular formula is C10H10N4O3S. The van der Waals surface area contributed by atoms with E-state index in [-0.39, 0.29) is 5.78 Å². The summed E-state index contributed by atoms with van der Waals surface area (Å²) in [5.74, 6) is -0.0695.